The predicted molar refractivity (Wildman–Crippen MR) is 111 cm³/mol. The Morgan fingerprint density at radius 3 is 2.41 bits per heavy atom. The Balaban J connectivity index is 2.18. The zero-order valence-corrected chi connectivity index (χ0v) is 18.7. The summed E-state index contributed by atoms with van der Waals surface area (Å²) >= 11 is 2.25. The predicted octanol–water partition coefficient (Wildman–Crippen LogP) is 2.92. The van der Waals surface area contributed by atoms with Crippen LogP contribution in [0.15, 0.2) is 5.16 Å². The van der Waals surface area contributed by atoms with E-state index in [-0.39, 0.29) is 27.1 Å². The summed E-state index contributed by atoms with van der Waals surface area (Å²) in [4.78, 5) is 36.8. The number of aromatic nitrogens is 3. The fourth-order valence-corrected chi connectivity index (χ4v) is 4.58. The lowest BCUT2D eigenvalue weighted by atomic mass is 10.1. The van der Waals surface area contributed by atoms with Gasteiger partial charge in [-0.1, -0.05) is 25.6 Å². The number of rotatable bonds is 9. The molecule has 2 rings (SSSR count). The van der Waals surface area contributed by atoms with E-state index >= 15 is 0 Å². The van der Waals surface area contributed by atoms with Crippen molar-refractivity contribution in [1.82, 2.24) is 14.8 Å². The molecule has 0 fully saturated rings. The Morgan fingerprint density at radius 2 is 1.83 bits per heavy atom. The van der Waals surface area contributed by atoms with Crippen molar-refractivity contribution in [1.29, 1.82) is 0 Å². The molecule has 9 nitrogen and oxygen atoms in total. The smallest absolute Gasteiger partial charge is 0.348 e. The number of methoxy groups -OCH3 is 2. The average Bonchev–Trinajstić information content (AvgIpc) is 3.25. The molecule has 0 unspecified atom stereocenters. The van der Waals surface area contributed by atoms with Gasteiger partial charge in [0.25, 0.3) is 0 Å². The van der Waals surface area contributed by atoms with Crippen LogP contribution >= 0.6 is 23.1 Å². The molecule has 158 valence electrons. The molecular weight excluding hydrogens is 416 g/mol. The van der Waals surface area contributed by atoms with Crippen LogP contribution in [0.4, 0.5) is 5.00 Å². The highest BCUT2D eigenvalue weighted by Gasteiger charge is 2.27. The number of hydrogen-bond acceptors (Lipinski definition) is 9. The highest BCUT2D eigenvalue weighted by atomic mass is 32.2. The van der Waals surface area contributed by atoms with Gasteiger partial charge in [-0.15, -0.1) is 21.5 Å². The highest BCUT2D eigenvalue weighted by Crippen LogP contribution is 2.34. The topological polar surface area (TPSA) is 112 Å². The quantitative estimate of drug-likeness (QED) is 0.468. The van der Waals surface area contributed by atoms with Gasteiger partial charge in [0.05, 0.1) is 25.5 Å². The van der Waals surface area contributed by atoms with Crippen molar-refractivity contribution >= 4 is 45.9 Å². The number of hydrogen-bond donors (Lipinski definition) is 1. The first kappa shape index (κ1) is 22.9. The van der Waals surface area contributed by atoms with Crippen LogP contribution in [0.5, 0.6) is 0 Å². The SMILES string of the molecule is CCCn1c(CC)nnc1SCC(=O)Nc1sc(C(=O)OC)c(C)c1C(=O)OC. The Morgan fingerprint density at radius 1 is 1.14 bits per heavy atom. The third-order valence-corrected chi connectivity index (χ3v) is 6.20. The normalized spacial score (nSPS) is 10.7. The van der Waals surface area contributed by atoms with E-state index in [2.05, 4.69) is 22.4 Å². The van der Waals surface area contributed by atoms with E-state index in [9.17, 15) is 14.4 Å². The van der Waals surface area contributed by atoms with E-state index in [0.29, 0.717) is 10.7 Å². The molecule has 2 aromatic rings. The van der Waals surface area contributed by atoms with E-state index in [1.165, 1.54) is 26.0 Å². The van der Waals surface area contributed by atoms with Gasteiger partial charge in [-0.2, -0.15) is 0 Å². The van der Waals surface area contributed by atoms with E-state index < -0.39 is 11.9 Å². The lowest BCUT2D eigenvalue weighted by molar-refractivity contribution is -0.113. The Labute approximate surface area is 177 Å². The van der Waals surface area contributed by atoms with Crippen molar-refractivity contribution in [2.45, 2.75) is 45.3 Å². The number of thioether (sulfide) groups is 1. The maximum absolute atomic E-state index is 12.5. The Hall–Kier alpha value is -2.40. The average molecular weight is 441 g/mol. The molecule has 1 amide bonds. The van der Waals surface area contributed by atoms with Crippen molar-refractivity contribution in [3.05, 3.63) is 21.8 Å². The maximum atomic E-state index is 12.5. The van der Waals surface area contributed by atoms with Crippen LogP contribution < -0.4 is 5.32 Å². The van der Waals surface area contributed by atoms with Crippen LogP contribution in [-0.2, 0) is 27.2 Å². The van der Waals surface area contributed by atoms with E-state index in [0.717, 1.165) is 36.5 Å². The number of ether oxygens (including phenoxy) is 2. The van der Waals surface area contributed by atoms with Gasteiger partial charge in [0.2, 0.25) is 5.91 Å². The first-order valence-corrected chi connectivity index (χ1v) is 10.8. The number of nitrogens with zero attached hydrogens (tertiary/aromatic N) is 3. The number of carbonyl (C=O) groups excluding carboxylic acids is 3. The number of aryl methyl sites for hydroxylation is 1. The summed E-state index contributed by atoms with van der Waals surface area (Å²) in [6, 6.07) is 0. The molecule has 0 atom stereocenters. The number of esters is 2. The first-order valence-electron chi connectivity index (χ1n) is 9.02. The number of anilines is 1. The molecule has 0 aliphatic carbocycles. The van der Waals surface area contributed by atoms with Gasteiger partial charge in [0, 0.05) is 13.0 Å². The van der Waals surface area contributed by atoms with Gasteiger partial charge in [0.1, 0.15) is 15.7 Å². The monoisotopic (exact) mass is 440 g/mol. The third-order valence-electron chi connectivity index (χ3n) is 4.05. The molecule has 0 spiro atoms. The van der Waals surface area contributed by atoms with Crippen LogP contribution in [0, 0.1) is 6.92 Å². The molecule has 1 N–H and O–H groups in total. The van der Waals surface area contributed by atoms with Crippen LogP contribution in [0.2, 0.25) is 0 Å². The lowest BCUT2D eigenvalue weighted by Crippen LogP contribution is -2.16. The molecule has 0 aromatic carbocycles. The second-order valence-electron chi connectivity index (χ2n) is 5.98. The van der Waals surface area contributed by atoms with Crippen molar-refractivity contribution < 1.29 is 23.9 Å². The molecule has 0 aliphatic rings. The lowest BCUT2D eigenvalue weighted by Gasteiger charge is -2.08. The van der Waals surface area contributed by atoms with E-state index in [1.807, 2.05) is 11.5 Å². The molecule has 0 bridgehead atoms. The van der Waals surface area contributed by atoms with Crippen molar-refractivity contribution in [2.75, 3.05) is 25.3 Å². The number of nitrogens with one attached hydrogen (secondary N) is 1. The Bertz CT molecular complexity index is 906. The number of carbonyl (C=O) groups is 3. The molecule has 0 aliphatic heterocycles. The number of thiophene rings is 1. The van der Waals surface area contributed by atoms with Crippen molar-refractivity contribution in [3.63, 3.8) is 0 Å². The standard InChI is InChI=1S/C18H24N4O5S2/c1-6-8-22-11(7-2)20-21-18(22)28-9-12(23)19-15-13(16(24)26-4)10(3)14(29-15)17(25)27-5/h6-9H2,1-5H3,(H,19,23). The van der Waals surface area contributed by atoms with E-state index in [1.54, 1.807) is 6.92 Å². The first-order chi connectivity index (χ1) is 13.9. The van der Waals surface area contributed by atoms with Crippen LogP contribution in [0.1, 0.15) is 51.7 Å². The second-order valence-corrected chi connectivity index (χ2v) is 7.95. The van der Waals surface area contributed by atoms with Gasteiger partial charge in [0.15, 0.2) is 5.16 Å². The van der Waals surface area contributed by atoms with Gasteiger partial charge < -0.3 is 19.4 Å². The molecule has 0 saturated heterocycles. The molecule has 2 heterocycles. The molecule has 0 radical (unpaired) electrons. The van der Waals surface area contributed by atoms with Gasteiger partial charge >= 0.3 is 11.9 Å². The maximum Gasteiger partial charge on any atom is 0.348 e. The minimum absolute atomic E-state index is 0.0800. The minimum atomic E-state index is -0.632. The van der Waals surface area contributed by atoms with Crippen LogP contribution in [0.25, 0.3) is 0 Å². The summed E-state index contributed by atoms with van der Waals surface area (Å²) in [5.74, 6) is -0.586. The summed E-state index contributed by atoms with van der Waals surface area (Å²) in [5.41, 5.74) is 0.561. The summed E-state index contributed by atoms with van der Waals surface area (Å²) < 4.78 is 11.5. The van der Waals surface area contributed by atoms with E-state index in [4.69, 9.17) is 9.47 Å². The number of amides is 1. The summed E-state index contributed by atoms with van der Waals surface area (Å²) in [6.45, 7) is 6.45. The van der Waals surface area contributed by atoms with Gasteiger partial charge in [-0.25, -0.2) is 9.59 Å². The minimum Gasteiger partial charge on any atom is -0.465 e. The highest BCUT2D eigenvalue weighted by molar-refractivity contribution is 7.99. The van der Waals surface area contributed by atoms with Crippen LogP contribution in [-0.4, -0.2) is 52.6 Å². The summed E-state index contributed by atoms with van der Waals surface area (Å²) in [5, 5.41) is 11.9. The van der Waals surface area contributed by atoms with Crippen LogP contribution in [0.3, 0.4) is 0 Å². The van der Waals surface area contributed by atoms with Gasteiger partial charge in [-0.3, -0.25) is 4.79 Å². The zero-order chi connectivity index (χ0) is 21.6. The second kappa shape index (κ2) is 10.4. The van der Waals surface area contributed by atoms with Gasteiger partial charge in [-0.05, 0) is 18.9 Å². The Kier molecular flexibility index (Phi) is 8.21. The molecule has 0 saturated carbocycles. The molecule has 29 heavy (non-hydrogen) atoms. The fourth-order valence-electron chi connectivity index (χ4n) is 2.67. The molecule has 11 heteroatoms. The molecule has 2 aromatic heterocycles. The third kappa shape index (κ3) is 5.15. The van der Waals surface area contributed by atoms with Crippen molar-refractivity contribution in [3.8, 4) is 0 Å². The summed E-state index contributed by atoms with van der Waals surface area (Å²) in [6.07, 6.45) is 1.69. The largest absolute Gasteiger partial charge is 0.465 e. The fraction of sp³-hybridized carbons (Fsp3) is 0.500. The summed E-state index contributed by atoms with van der Waals surface area (Å²) in [7, 11) is 2.50. The zero-order valence-electron chi connectivity index (χ0n) is 17.0. The van der Waals surface area contributed by atoms with Crippen molar-refractivity contribution in [2.24, 2.45) is 0 Å². The molecular formula is C18H24N4O5S2.